The number of para-hydroxylation sites is 2. The fourth-order valence-corrected chi connectivity index (χ4v) is 3.71. The summed E-state index contributed by atoms with van der Waals surface area (Å²) in [5.74, 6) is 0. The lowest BCUT2D eigenvalue weighted by Crippen LogP contribution is -2.49. The van der Waals surface area contributed by atoms with Crippen molar-refractivity contribution in [3.05, 3.63) is 24.3 Å². The molecule has 1 N–H and O–H groups in total. The predicted octanol–water partition coefficient (Wildman–Crippen LogP) is 0.729. The average Bonchev–Trinajstić information content (AvgIpc) is 2.44. The summed E-state index contributed by atoms with van der Waals surface area (Å²) in [5.41, 5.74) is 1.73. The van der Waals surface area contributed by atoms with Gasteiger partial charge in [-0.15, -0.1) is 0 Å². The van der Waals surface area contributed by atoms with Gasteiger partial charge in [0.1, 0.15) is 0 Å². The molecule has 0 saturated heterocycles. The van der Waals surface area contributed by atoms with Gasteiger partial charge in [0.15, 0.2) is 0 Å². The highest BCUT2D eigenvalue weighted by atomic mass is 32.2. The summed E-state index contributed by atoms with van der Waals surface area (Å²) in [7, 11) is 0.624. The monoisotopic (exact) mass is 312 g/mol. The van der Waals surface area contributed by atoms with Gasteiger partial charge in [0.25, 0.3) is 0 Å². The first-order valence-electron chi connectivity index (χ1n) is 7.21. The van der Waals surface area contributed by atoms with E-state index in [1.807, 2.05) is 38.4 Å². The third-order valence-corrected chi connectivity index (χ3v) is 5.11. The van der Waals surface area contributed by atoms with Crippen LogP contribution in [0.25, 0.3) is 0 Å². The van der Waals surface area contributed by atoms with E-state index >= 15 is 0 Å². The molecule has 0 aliphatic carbocycles. The van der Waals surface area contributed by atoms with Gasteiger partial charge in [0.2, 0.25) is 0 Å². The fraction of sp³-hybridized carbons (Fsp3) is 0.571. The SMILES string of the molecule is CCNS(=O)(=O)N1CCN(CCN(C)C)c2ccccc21. The molecule has 0 amide bonds. The lowest BCUT2D eigenvalue weighted by molar-refractivity contribution is 0.413. The van der Waals surface area contributed by atoms with E-state index in [1.54, 1.807) is 6.92 Å². The Balaban J connectivity index is 2.28. The van der Waals surface area contributed by atoms with Gasteiger partial charge in [0, 0.05) is 26.2 Å². The molecule has 118 valence electrons. The molecule has 21 heavy (non-hydrogen) atoms. The Morgan fingerprint density at radius 1 is 1.19 bits per heavy atom. The minimum Gasteiger partial charge on any atom is -0.367 e. The van der Waals surface area contributed by atoms with Crippen LogP contribution in [0.15, 0.2) is 24.3 Å². The first-order valence-corrected chi connectivity index (χ1v) is 8.65. The van der Waals surface area contributed by atoms with Crippen LogP contribution in [0.2, 0.25) is 0 Å². The highest BCUT2D eigenvalue weighted by molar-refractivity contribution is 7.90. The number of rotatable bonds is 6. The second-order valence-corrected chi connectivity index (χ2v) is 7.03. The summed E-state index contributed by atoms with van der Waals surface area (Å²) < 4.78 is 28.7. The van der Waals surface area contributed by atoms with Gasteiger partial charge in [-0.1, -0.05) is 19.1 Å². The minimum atomic E-state index is -3.46. The van der Waals surface area contributed by atoms with Crippen LogP contribution in [-0.4, -0.2) is 60.1 Å². The maximum Gasteiger partial charge on any atom is 0.301 e. The lowest BCUT2D eigenvalue weighted by Gasteiger charge is -2.38. The molecule has 1 aliphatic heterocycles. The summed E-state index contributed by atoms with van der Waals surface area (Å²) in [6, 6.07) is 7.68. The molecule has 1 aromatic rings. The molecule has 1 aliphatic rings. The van der Waals surface area contributed by atoms with Crippen LogP contribution >= 0.6 is 0 Å². The highest BCUT2D eigenvalue weighted by Gasteiger charge is 2.29. The maximum atomic E-state index is 12.3. The molecule has 6 nitrogen and oxygen atoms in total. The number of likely N-dealkylation sites (N-methyl/N-ethyl adjacent to an activating group) is 1. The topological polar surface area (TPSA) is 55.9 Å². The van der Waals surface area contributed by atoms with E-state index in [0.717, 1.165) is 24.5 Å². The molecule has 0 saturated carbocycles. The molecular weight excluding hydrogens is 288 g/mol. The van der Waals surface area contributed by atoms with E-state index in [-0.39, 0.29) is 0 Å². The van der Waals surface area contributed by atoms with E-state index in [4.69, 9.17) is 0 Å². The third kappa shape index (κ3) is 3.66. The Morgan fingerprint density at radius 2 is 1.86 bits per heavy atom. The Morgan fingerprint density at radius 3 is 2.48 bits per heavy atom. The van der Waals surface area contributed by atoms with Crippen LogP contribution in [-0.2, 0) is 10.2 Å². The Hall–Kier alpha value is -1.31. The van der Waals surface area contributed by atoms with Gasteiger partial charge in [-0.2, -0.15) is 13.1 Å². The molecule has 1 heterocycles. The second kappa shape index (κ2) is 6.64. The smallest absolute Gasteiger partial charge is 0.301 e. The normalized spacial score (nSPS) is 15.4. The zero-order valence-electron chi connectivity index (χ0n) is 12.9. The van der Waals surface area contributed by atoms with Gasteiger partial charge in [-0.25, -0.2) is 0 Å². The van der Waals surface area contributed by atoms with E-state index in [0.29, 0.717) is 19.6 Å². The largest absolute Gasteiger partial charge is 0.367 e. The number of nitrogens with one attached hydrogen (secondary N) is 1. The summed E-state index contributed by atoms with van der Waals surface area (Å²) in [4.78, 5) is 4.37. The lowest BCUT2D eigenvalue weighted by atomic mass is 10.2. The van der Waals surface area contributed by atoms with Crippen LogP contribution in [0.1, 0.15) is 6.92 Å². The Bertz CT molecular complexity index is 574. The molecule has 2 rings (SSSR count). The average molecular weight is 312 g/mol. The molecular formula is C14H24N4O2S. The summed E-state index contributed by atoms with van der Waals surface area (Å²) in [5, 5.41) is 0. The number of hydrogen-bond acceptors (Lipinski definition) is 4. The first-order chi connectivity index (χ1) is 9.95. The van der Waals surface area contributed by atoms with Gasteiger partial charge in [-0.05, 0) is 26.2 Å². The molecule has 0 unspecified atom stereocenters. The summed E-state index contributed by atoms with van der Waals surface area (Å²) >= 11 is 0. The van der Waals surface area contributed by atoms with Crippen LogP contribution in [0, 0.1) is 0 Å². The molecule has 0 radical (unpaired) electrons. The van der Waals surface area contributed by atoms with Crippen molar-refractivity contribution < 1.29 is 8.42 Å². The molecule has 0 spiro atoms. The summed E-state index contributed by atoms with van der Waals surface area (Å²) in [6.07, 6.45) is 0. The van der Waals surface area contributed by atoms with E-state index in [9.17, 15) is 8.42 Å². The van der Waals surface area contributed by atoms with Crippen molar-refractivity contribution in [1.29, 1.82) is 0 Å². The number of benzene rings is 1. The second-order valence-electron chi connectivity index (χ2n) is 5.35. The minimum absolute atomic E-state index is 0.394. The van der Waals surface area contributed by atoms with Crippen molar-refractivity contribution in [1.82, 2.24) is 9.62 Å². The van der Waals surface area contributed by atoms with Gasteiger partial charge in [-0.3, -0.25) is 4.31 Å². The molecule has 7 heteroatoms. The van der Waals surface area contributed by atoms with Crippen molar-refractivity contribution in [2.24, 2.45) is 0 Å². The maximum absolute atomic E-state index is 12.3. The van der Waals surface area contributed by atoms with Gasteiger partial charge < -0.3 is 9.80 Å². The van der Waals surface area contributed by atoms with Crippen LogP contribution in [0.5, 0.6) is 0 Å². The quantitative estimate of drug-likeness (QED) is 0.841. The standard InChI is InChI=1S/C14H24N4O2S/c1-4-15-21(19,20)18-12-11-17(10-9-16(2)3)13-7-5-6-8-14(13)18/h5-8,15H,4,9-12H2,1-3H3. The van der Waals surface area contributed by atoms with Crippen LogP contribution in [0.4, 0.5) is 11.4 Å². The molecule has 0 aromatic heterocycles. The highest BCUT2D eigenvalue weighted by Crippen LogP contribution is 2.33. The number of hydrogen-bond donors (Lipinski definition) is 1. The fourth-order valence-electron chi connectivity index (χ4n) is 2.46. The van der Waals surface area contributed by atoms with Gasteiger partial charge >= 0.3 is 10.2 Å². The van der Waals surface area contributed by atoms with Gasteiger partial charge in [0.05, 0.1) is 17.9 Å². The molecule has 0 bridgehead atoms. The van der Waals surface area contributed by atoms with Crippen molar-refractivity contribution in [2.75, 3.05) is 56.0 Å². The number of fused-ring (bicyclic) bond motifs is 1. The summed E-state index contributed by atoms with van der Waals surface area (Å²) in [6.45, 7) is 5.19. The number of nitrogens with zero attached hydrogens (tertiary/aromatic N) is 3. The molecule has 0 fully saturated rings. The zero-order valence-corrected chi connectivity index (χ0v) is 13.7. The predicted molar refractivity (Wildman–Crippen MR) is 87.2 cm³/mol. The Kier molecular flexibility index (Phi) is 5.08. The number of anilines is 2. The first kappa shape index (κ1) is 16.1. The van der Waals surface area contributed by atoms with Crippen molar-refractivity contribution in [2.45, 2.75) is 6.92 Å². The third-order valence-electron chi connectivity index (χ3n) is 3.50. The molecule has 1 aromatic carbocycles. The zero-order chi connectivity index (χ0) is 15.5. The van der Waals surface area contributed by atoms with Crippen molar-refractivity contribution in [3.8, 4) is 0 Å². The van der Waals surface area contributed by atoms with Crippen LogP contribution < -0.4 is 13.9 Å². The van der Waals surface area contributed by atoms with Crippen molar-refractivity contribution in [3.63, 3.8) is 0 Å². The Labute approximate surface area is 127 Å². The van der Waals surface area contributed by atoms with E-state index in [1.165, 1.54) is 4.31 Å². The van der Waals surface area contributed by atoms with Crippen LogP contribution in [0.3, 0.4) is 0 Å². The van der Waals surface area contributed by atoms with E-state index in [2.05, 4.69) is 14.5 Å². The van der Waals surface area contributed by atoms with E-state index < -0.39 is 10.2 Å². The van der Waals surface area contributed by atoms with Crippen molar-refractivity contribution >= 4 is 21.6 Å². The molecule has 0 atom stereocenters.